The molecular formula is C19H19FN4OS2. The summed E-state index contributed by atoms with van der Waals surface area (Å²) in [6.07, 6.45) is 0.886. The number of thioether (sulfide) groups is 1. The fourth-order valence-corrected chi connectivity index (χ4v) is 4.69. The molecule has 0 unspecified atom stereocenters. The molecule has 3 aromatic heterocycles. The Kier molecular flexibility index (Phi) is 5.01. The highest BCUT2D eigenvalue weighted by Crippen LogP contribution is 2.27. The third kappa shape index (κ3) is 3.39. The van der Waals surface area contributed by atoms with Crippen LogP contribution in [0.5, 0.6) is 0 Å². The van der Waals surface area contributed by atoms with Crippen LogP contribution in [-0.2, 0) is 12.3 Å². The van der Waals surface area contributed by atoms with Gasteiger partial charge in [-0.15, -0.1) is 21.5 Å². The molecule has 3 heterocycles. The number of benzene rings is 1. The highest BCUT2D eigenvalue weighted by Gasteiger charge is 2.18. The number of halogens is 1. The molecule has 4 aromatic rings. The van der Waals surface area contributed by atoms with Crippen LogP contribution in [0, 0.1) is 11.7 Å². The van der Waals surface area contributed by atoms with Gasteiger partial charge in [0.2, 0.25) is 5.78 Å². The van der Waals surface area contributed by atoms with Crippen molar-refractivity contribution in [2.75, 3.05) is 0 Å². The molecule has 27 heavy (non-hydrogen) atoms. The average molecular weight is 403 g/mol. The van der Waals surface area contributed by atoms with Crippen LogP contribution in [0.3, 0.4) is 0 Å². The van der Waals surface area contributed by atoms with Gasteiger partial charge in [0.25, 0.3) is 5.56 Å². The predicted molar refractivity (Wildman–Crippen MR) is 108 cm³/mol. The van der Waals surface area contributed by atoms with Crippen LogP contribution in [0.2, 0.25) is 0 Å². The Morgan fingerprint density at radius 2 is 2.04 bits per heavy atom. The van der Waals surface area contributed by atoms with Crippen LogP contribution in [0.15, 0.2) is 45.7 Å². The molecule has 8 heteroatoms. The number of thiophene rings is 1. The van der Waals surface area contributed by atoms with E-state index in [1.165, 1.54) is 29.2 Å². The van der Waals surface area contributed by atoms with Crippen LogP contribution in [-0.4, -0.2) is 19.2 Å². The fraction of sp³-hybridized carbons (Fsp3) is 0.316. The average Bonchev–Trinajstić information content (AvgIpc) is 3.27. The summed E-state index contributed by atoms with van der Waals surface area (Å²) in [5.74, 6) is 1.24. The van der Waals surface area contributed by atoms with Crippen molar-refractivity contribution < 1.29 is 4.39 Å². The molecule has 0 spiro atoms. The molecule has 0 atom stereocenters. The summed E-state index contributed by atoms with van der Waals surface area (Å²) in [6, 6.07) is 8.64. The lowest BCUT2D eigenvalue weighted by Crippen LogP contribution is -2.23. The van der Waals surface area contributed by atoms with Crippen molar-refractivity contribution in [1.82, 2.24) is 19.2 Å². The molecule has 0 saturated carbocycles. The molecule has 0 saturated heterocycles. The van der Waals surface area contributed by atoms with Crippen molar-refractivity contribution in [2.45, 2.75) is 37.7 Å². The summed E-state index contributed by atoms with van der Waals surface area (Å²) in [5.41, 5.74) is 1.40. The van der Waals surface area contributed by atoms with Gasteiger partial charge in [0.1, 0.15) is 10.5 Å². The van der Waals surface area contributed by atoms with Crippen LogP contribution in [0.4, 0.5) is 4.39 Å². The number of hydrogen-bond acceptors (Lipinski definition) is 5. The normalized spacial score (nSPS) is 11.9. The second kappa shape index (κ2) is 7.44. The molecule has 4 rings (SSSR count). The van der Waals surface area contributed by atoms with Gasteiger partial charge in [-0.05, 0) is 35.4 Å². The van der Waals surface area contributed by atoms with Crippen LogP contribution >= 0.6 is 23.1 Å². The molecule has 0 bridgehead atoms. The molecule has 5 nitrogen and oxygen atoms in total. The van der Waals surface area contributed by atoms with Gasteiger partial charge in [0.05, 0.1) is 5.52 Å². The van der Waals surface area contributed by atoms with Gasteiger partial charge in [-0.1, -0.05) is 43.8 Å². The lowest BCUT2D eigenvalue weighted by atomic mass is 10.1. The van der Waals surface area contributed by atoms with Crippen LogP contribution in [0.1, 0.15) is 25.8 Å². The zero-order valence-electron chi connectivity index (χ0n) is 15.1. The van der Waals surface area contributed by atoms with E-state index >= 15 is 0 Å². The Labute approximate surface area is 163 Å². The number of hydrogen-bond donors (Lipinski definition) is 0. The van der Waals surface area contributed by atoms with Crippen LogP contribution < -0.4 is 5.56 Å². The van der Waals surface area contributed by atoms with E-state index in [4.69, 9.17) is 0 Å². The largest absolute Gasteiger partial charge is 0.276 e. The lowest BCUT2D eigenvalue weighted by molar-refractivity contribution is 0.512. The van der Waals surface area contributed by atoms with Crippen molar-refractivity contribution in [1.29, 1.82) is 0 Å². The topological polar surface area (TPSA) is 52.2 Å². The maximum Gasteiger partial charge on any atom is 0.272 e. The van der Waals surface area contributed by atoms with Gasteiger partial charge in [-0.2, -0.15) is 0 Å². The highest BCUT2D eigenvalue weighted by molar-refractivity contribution is 7.98. The minimum Gasteiger partial charge on any atom is -0.276 e. The van der Waals surface area contributed by atoms with E-state index in [-0.39, 0.29) is 11.4 Å². The first-order chi connectivity index (χ1) is 13.1. The van der Waals surface area contributed by atoms with Gasteiger partial charge < -0.3 is 0 Å². The van der Waals surface area contributed by atoms with Crippen molar-refractivity contribution in [2.24, 2.45) is 5.92 Å². The summed E-state index contributed by atoms with van der Waals surface area (Å²) < 4.78 is 18.2. The number of aromatic nitrogens is 4. The highest BCUT2D eigenvalue weighted by atomic mass is 32.2. The molecule has 0 aliphatic heterocycles. The van der Waals surface area contributed by atoms with E-state index in [0.717, 1.165) is 11.9 Å². The second-order valence-corrected chi connectivity index (χ2v) is 8.63. The van der Waals surface area contributed by atoms with E-state index in [9.17, 15) is 9.18 Å². The van der Waals surface area contributed by atoms with Gasteiger partial charge in [0.15, 0.2) is 5.16 Å². The van der Waals surface area contributed by atoms with Crippen LogP contribution in [0.25, 0.3) is 16.0 Å². The number of rotatable bonds is 6. The Morgan fingerprint density at radius 1 is 1.22 bits per heavy atom. The number of nitrogens with zero attached hydrogens (tertiary/aromatic N) is 4. The summed E-state index contributed by atoms with van der Waals surface area (Å²) in [6.45, 7) is 4.86. The molecule has 0 amide bonds. The van der Waals surface area contributed by atoms with E-state index in [1.807, 2.05) is 21.9 Å². The Hall–Kier alpha value is -2.19. The minimum atomic E-state index is -0.228. The summed E-state index contributed by atoms with van der Waals surface area (Å²) in [4.78, 5) is 12.9. The molecule has 0 N–H and O–H groups in total. The first kappa shape index (κ1) is 18.2. The van der Waals surface area contributed by atoms with Gasteiger partial charge >= 0.3 is 0 Å². The Balaban J connectivity index is 1.79. The van der Waals surface area contributed by atoms with E-state index in [0.29, 0.717) is 39.4 Å². The van der Waals surface area contributed by atoms with Gasteiger partial charge in [-0.3, -0.25) is 13.8 Å². The van der Waals surface area contributed by atoms with Crippen molar-refractivity contribution in [3.05, 3.63) is 57.4 Å². The fourth-order valence-electron chi connectivity index (χ4n) is 2.94. The molecular weight excluding hydrogens is 383 g/mol. The first-order valence-electron chi connectivity index (χ1n) is 8.77. The summed E-state index contributed by atoms with van der Waals surface area (Å²) >= 11 is 2.85. The summed E-state index contributed by atoms with van der Waals surface area (Å²) in [5, 5.41) is 11.2. The maximum atomic E-state index is 13.9. The van der Waals surface area contributed by atoms with Crippen molar-refractivity contribution >= 4 is 39.1 Å². The Morgan fingerprint density at radius 3 is 2.81 bits per heavy atom. The standard InChI is InChI=1S/C19H19FN4OS2/c1-12(2)7-9-23-17(25)16-15(8-10-26-16)24-18(23)21-22-19(24)27-11-13-5-3-4-6-14(13)20/h3-6,8,10,12H,7,9,11H2,1-2H3. The SMILES string of the molecule is CC(C)CCn1c(=O)c2sccc2n2c(SCc3ccccc3F)nnc12. The maximum absolute atomic E-state index is 13.9. The molecule has 140 valence electrons. The molecule has 1 aromatic carbocycles. The quantitative estimate of drug-likeness (QED) is 0.443. The number of aryl methyl sites for hydroxylation is 1. The smallest absolute Gasteiger partial charge is 0.272 e. The van der Waals surface area contributed by atoms with Gasteiger partial charge in [0, 0.05) is 12.3 Å². The second-order valence-electron chi connectivity index (χ2n) is 6.77. The van der Waals surface area contributed by atoms with Gasteiger partial charge in [-0.25, -0.2) is 4.39 Å². The Bertz CT molecular complexity index is 1160. The first-order valence-corrected chi connectivity index (χ1v) is 10.6. The zero-order valence-corrected chi connectivity index (χ0v) is 16.7. The molecule has 0 aliphatic rings. The third-order valence-corrected chi connectivity index (χ3v) is 6.30. The molecule has 0 aliphatic carbocycles. The molecule has 0 fully saturated rings. The van der Waals surface area contributed by atoms with Crippen molar-refractivity contribution in [3.8, 4) is 0 Å². The number of fused-ring (bicyclic) bond motifs is 3. The molecule has 0 radical (unpaired) electrons. The monoisotopic (exact) mass is 402 g/mol. The van der Waals surface area contributed by atoms with Crippen molar-refractivity contribution in [3.63, 3.8) is 0 Å². The third-order valence-electron chi connectivity index (χ3n) is 4.43. The zero-order chi connectivity index (χ0) is 19.0. The predicted octanol–water partition coefficient (Wildman–Crippen LogP) is 4.58. The van der Waals surface area contributed by atoms with E-state index in [2.05, 4.69) is 24.0 Å². The van der Waals surface area contributed by atoms with E-state index < -0.39 is 0 Å². The lowest BCUT2D eigenvalue weighted by Gasteiger charge is -2.10. The van der Waals surface area contributed by atoms with E-state index in [1.54, 1.807) is 16.7 Å². The minimum absolute atomic E-state index is 0.0220. The summed E-state index contributed by atoms with van der Waals surface area (Å²) in [7, 11) is 0.